The Labute approximate surface area is 247 Å². The Hall–Kier alpha value is -4.05. The van der Waals surface area contributed by atoms with Crippen LogP contribution in [0.5, 0.6) is 11.5 Å². The Morgan fingerprint density at radius 1 is 0.929 bits per heavy atom. The predicted molar refractivity (Wildman–Crippen MR) is 161 cm³/mol. The zero-order valence-electron chi connectivity index (χ0n) is 24.0. The summed E-state index contributed by atoms with van der Waals surface area (Å²) in [5.74, 6) is 0.192. The molecular weight excluding hydrogens is 554 g/mol. The van der Waals surface area contributed by atoms with Gasteiger partial charge in [-0.05, 0) is 43.0 Å². The normalized spacial score (nSPS) is 15.3. The van der Waals surface area contributed by atoms with Crippen LogP contribution in [0.2, 0.25) is 0 Å². The number of anilines is 1. The number of carbonyl (C=O) groups is 2. The van der Waals surface area contributed by atoms with Gasteiger partial charge in [0.2, 0.25) is 28.6 Å². The third-order valence-electron chi connectivity index (χ3n) is 7.73. The minimum atomic E-state index is -3.88. The van der Waals surface area contributed by atoms with Gasteiger partial charge >= 0.3 is 0 Å². The van der Waals surface area contributed by atoms with Crippen molar-refractivity contribution >= 4 is 27.5 Å². The highest BCUT2D eigenvalue weighted by molar-refractivity contribution is 7.92. The molecule has 42 heavy (non-hydrogen) atoms. The standard InChI is InChI=1S/C32H37N3O6S/c1-23-9-8-12-25(17-23)20-34(28(18-24-10-4-3-5-11-24)32(37)33-26-13-6-7-14-26)31(36)21-35(42(2,38)39)27-15-16-29-30(19-27)41-22-40-29/h3-5,8-12,15-17,19,26,28H,6-7,13-14,18,20-22H2,1-2H3,(H,33,37)/t28-/m1/s1. The van der Waals surface area contributed by atoms with Crippen LogP contribution >= 0.6 is 0 Å². The van der Waals surface area contributed by atoms with Crippen molar-refractivity contribution in [2.45, 2.75) is 57.7 Å². The van der Waals surface area contributed by atoms with E-state index in [1.165, 1.54) is 4.90 Å². The average molecular weight is 592 g/mol. The first-order chi connectivity index (χ1) is 20.2. The maximum Gasteiger partial charge on any atom is 0.244 e. The Bertz CT molecular complexity index is 1520. The minimum absolute atomic E-state index is 0.0398. The van der Waals surface area contributed by atoms with E-state index in [0.717, 1.165) is 52.9 Å². The number of amides is 2. The molecule has 0 aromatic heterocycles. The van der Waals surface area contributed by atoms with Gasteiger partial charge in [-0.3, -0.25) is 13.9 Å². The molecule has 0 bridgehead atoms. The third-order valence-corrected chi connectivity index (χ3v) is 8.87. The highest BCUT2D eigenvalue weighted by Crippen LogP contribution is 2.36. The van der Waals surface area contributed by atoms with Gasteiger partial charge in [-0.15, -0.1) is 0 Å². The highest BCUT2D eigenvalue weighted by Gasteiger charge is 2.34. The quantitative estimate of drug-likeness (QED) is 0.359. The van der Waals surface area contributed by atoms with Crippen LogP contribution in [0.3, 0.4) is 0 Å². The Morgan fingerprint density at radius 3 is 2.36 bits per heavy atom. The summed E-state index contributed by atoms with van der Waals surface area (Å²) >= 11 is 0. The zero-order chi connectivity index (χ0) is 29.7. The van der Waals surface area contributed by atoms with Crippen LogP contribution in [0.25, 0.3) is 0 Å². The van der Waals surface area contributed by atoms with Crippen molar-refractivity contribution in [3.05, 3.63) is 89.5 Å². The SMILES string of the molecule is Cc1cccc(CN(C(=O)CN(c2ccc3c(c2)OCO3)S(C)(=O)=O)[C@H](Cc2ccccc2)C(=O)NC2CCCC2)c1. The maximum absolute atomic E-state index is 14.3. The summed E-state index contributed by atoms with van der Waals surface area (Å²) in [5.41, 5.74) is 3.06. The van der Waals surface area contributed by atoms with Gasteiger partial charge < -0.3 is 19.7 Å². The summed E-state index contributed by atoms with van der Waals surface area (Å²) in [6.45, 7) is 1.67. The fourth-order valence-electron chi connectivity index (χ4n) is 5.58. The zero-order valence-corrected chi connectivity index (χ0v) is 24.8. The number of carbonyl (C=O) groups excluding carboxylic acids is 2. The molecule has 3 aromatic rings. The van der Waals surface area contributed by atoms with Gasteiger partial charge in [-0.25, -0.2) is 8.42 Å². The van der Waals surface area contributed by atoms with Gasteiger partial charge in [0.05, 0.1) is 11.9 Å². The van der Waals surface area contributed by atoms with E-state index in [0.29, 0.717) is 17.9 Å². The van der Waals surface area contributed by atoms with Crippen molar-refractivity contribution in [3.63, 3.8) is 0 Å². The van der Waals surface area contributed by atoms with E-state index in [-0.39, 0.29) is 31.0 Å². The van der Waals surface area contributed by atoms with E-state index in [4.69, 9.17) is 9.47 Å². The average Bonchev–Trinajstić information content (AvgIpc) is 3.65. The van der Waals surface area contributed by atoms with Gasteiger partial charge in [0.15, 0.2) is 11.5 Å². The lowest BCUT2D eigenvalue weighted by Crippen LogP contribution is -2.54. The molecule has 2 amide bonds. The van der Waals surface area contributed by atoms with E-state index >= 15 is 0 Å². The second kappa shape index (κ2) is 12.9. The van der Waals surface area contributed by atoms with Crippen molar-refractivity contribution in [1.29, 1.82) is 0 Å². The molecule has 10 heteroatoms. The molecule has 1 fully saturated rings. The van der Waals surface area contributed by atoms with Crippen molar-refractivity contribution in [2.24, 2.45) is 0 Å². The number of nitrogens with one attached hydrogen (secondary N) is 1. The second-order valence-corrected chi connectivity index (χ2v) is 12.9. The molecule has 0 radical (unpaired) electrons. The van der Waals surface area contributed by atoms with Crippen LogP contribution in [0.1, 0.15) is 42.4 Å². The summed E-state index contributed by atoms with van der Waals surface area (Å²) in [4.78, 5) is 29.7. The maximum atomic E-state index is 14.3. The molecule has 0 spiro atoms. The first kappa shape index (κ1) is 29.4. The molecule has 1 aliphatic carbocycles. The molecule has 0 unspecified atom stereocenters. The van der Waals surface area contributed by atoms with Gasteiger partial charge in [0.25, 0.3) is 0 Å². The summed E-state index contributed by atoms with van der Waals surface area (Å²) in [5, 5.41) is 3.18. The molecule has 222 valence electrons. The monoisotopic (exact) mass is 591 g/mol. The molecule has 9 nitrogen and oxygen atoms in total. The molecule has 3 aromatic carbocycles. The number of rotatable bonds is 11. The molecule has 1 aliphatic heterocycles. The topological polar surface area (TPSA) is 105 Å². The largest absolute Gasteiger partial charge is 0.454 e. The van der Waals surface area contributed by atoms with Crippen molar-refractivity contribution in [3.8, 4) is 11.5 Å². The fourth-order valence-corrected chi connectivity index (χ4v) is 6.42. The first-order valence-electron chi connectivity index (χ1n) is 14.2. The molecule has 1 saturated carbocycles. The van der Waals surface area contributed by atoms with Crippen LogP contribution < -0.4 is 19.1 Å². The lowest BCUT2D eigenvalue weighted by molar-refractivity contribution is -0.140. The number of benzene rings is 3. The van der Waals surface area contributed by atoms with Gasteiger partial charge in [0, 0.05) is 25.1 Å². The number of hydrogen-bond donors (Lipinski definition) is 1. The summed E-state index contributed by atoms with van der Waals surface area (Å²) in [6.07, 6.45) is 5.27. The van der Waals surface area contributed by atoms with Crippen molar-refractivity contribution < 1.29 is 27.5 Å². The highest BCUT2D eigenvalue weighted by atomic mass is 32.2. The van der Waals surface area contributed by atoms with Gasteiger partial charge in [-0.2, -0.15) is 0 Å². The number of ether oxygens (including phenoxy) is 2. The van der Waals surface area contributed by atoms with E-state index in [9.17, 15) is 18.0 Å². The summed E-state index contributed by atoms with van der Waals surface area (Å²) in [7, 11) is -3.88. The minimum Gasteiger partial charge on any atom is -0.454 e. The van der Waals surface area contributed by atoms with Crippen molar-refractivity contribution in [2.75, 3.05) is 23.9 Å². The third kappa shape index (κ3) is 7.23. The number of sulfonamides is 1. The van der Waals surface area contributed by atoms with E-state index in [2.05, 4.69) is 5.32 Å². The molecular formula is C32H37N3O6S. The molecule has 2 aliphatic rings. The fraction of sp³-hybridized carbons (Fsp3) is 0.375. The summed E-state index contributed by atoms with van der Waals surface area (Å²) in [6, 6.07) is 21.3. The van der Waals surface area contributed by atoms with E-state index < -0.39 is 28.5 Å². The number of hydrogen-bond acceptors (Lipinski definition) is 6. The molecule has 5 rings (SSSR count). The van der Waals surface area contributed by atoms with Gasteiger partial charge in [-0.1, -0.05) is 73.0 Å². The molecule has 1 N–H and O–H groups in total. The second-order valence-electron chi connectivity index (χ2n) is 11.0. The number of aryl methyl sites for hydroxylation is 1. The lowest BCUT2D eigenvalue weighted by Gasteiger charge is -2.34. The van der Waals surface area contributed by atoms with Crippen molar-refractivity contribution in [1.82, 2.24) is 10.2 Å². The van der Waals surface area contributed by atoms with Crippen LogP contribution in [0.4, 0.5) is 5.69 Å². The lowest BCUT2D eigenvalue weighted by atomic mass is 10.0. The Morgan fingerprint density at radius 2 is 1.64 bits per heavy atom. The van der Waals surface area contributed by atoms with Crippen LogP contribution in [0, 0.1) is 6.92 Å². The number of fused-ring (bicyclic) bond motifs is 1. The molecule has 1 heterocycles. The number of nitrogens with zero attached hydrogens (tertiary/aromatic N) is 2. The summed E-state index contributed by atoms with van der Waals surface area (Å²) < 4.78 is 37.9. The Kier molecular flexibility index (Phi) is 9.01. The predicted octanol–water partition coefficient (Wildman–Crippen LogP) is 4.19. The van der Waals surface area contributed by atoms with Crippen LogP contribution in [-0.2, 0) is 32.6 Å². The first-order valence-corrected chi connectivity index (χ1v) is 16.1. The Balaban J connectivity index is 1.50. The smallest absolute Gasteiger partial charge is 0.244 e. The van der Waals surface area contributed by atoms with Crippen LogP contribution in [0.15, 0.2) is 72.8 Å². The molecule has 0 saturated heterocycles. The van der Waals surface area contributed by atoms with E-state index in [1.54, 1.807) is 18.2 Å². The van der Waals surface area contributed by atoms with Crippen LogP contribution in [-0.4, -0.2) is 56.8 Å². The van der Waals surface area contributed by atoms with E-state index in [1.807, 2.05) is 61.5 Å². The molecule has 1 atom stereocenters. The van der Waals surface area contributed by atoms with Gasteiger partial charge in [0.1, 0.15) is 12.6 Å².